The third-order valence-corrected chi connectivity index (χ3v) is 3.76. The Morgan fingerprint density at radius 3 is 2.12 bits per heavy atom. The van der Waals surface area contributed by atoms with E-state index in [2.05, 4.69) is 38.0 Å². The molecule has 0 saturated carbocycles. The summed E-state index contributed by atoms with van der Waals surface area (Å²) in [5.74, 6) is 0.480. The van der Waals surface area contributed by atoms with Gasteiger partial charge in [0.05, 0.1) is 0 Å². The Labute approximate surface area is 164 Å². The first kappa shape index (κ1) is 23.3. The number of hydrogen-bond acceptors (Lipinski definition) is 3. The predicted molar refractivity (Wildman–Crippen MR) is 110 cm³/mol. The molecule has 0 unspecified atom stereocenters. The van der Waals surface area contributed by atoms with Gasteiger partial charge in [-0.15, -0.1) is 24.0 Å². The number of aliphatic imine (C=N–C) groups is 1. The third-order valence-electron chi connectivity index (χ3n) is 3.76. The van der Waals surface area contributed by atoms with E-state index in [1.165, 1.54) is 0 Å². The highest BCUT2D eigenvalue weighted by atomic mass is 127. The van der Waals surface area contributed by atoms with Crippen molar-refractivity contribution < 1.29 is 9.53 Å². The van der Waals surface area contributed by atoms with Crippen LogP contribution in [-0.2, 0) is 4.74 Å². The zero-order chi connectivity index (χ0) is 17.9. The summed E-state index contributed by atoms with van der Waals surface area (Å²) in [6.45, 7) is 16.1. The molecule has 6 nitrogen and oxygen atoms in total. The van der Waals surface area contributed by atoms with Gasteiger partial charge in [-0.2, -0.15) is 0 Å². The number of carbonyl (C=O) groups excluding carboxylic acids is 1. The van der Waals surface area contributed by atoms with Crippen molar-refractivity contribution in [2.45, 2.75) is 72.4 Å². The first-order valence-electron chi connectivity index (χ1n) is 8.36. The summed E-state index contributed by atoms with van der Waals surface area (Å²) in [4.78, 5) is 18.4. The number of rotatable bonds is 2. The van der Waals surface area contributed by atoms with Gasteiger partial charge in [0.15, 0.2) is 5.96 Å². The Hall–Kier alpha value is -0.730. The van der Waals surface area contributed by atoms with E-state index in [4.69, 9.17) is 10.5 Å². The second kappa shape index (κ2) is 8.58. The zero-order valence-corrected chi connectivity index (χ0v) is 18.6. The highest BCUT2D eigenvalue weighted by molar-refractivity contribution is 14.0. The van der Waals surface area contributed by atoms with Crippen molar-refractivity contribution >= 4 is 36.0 Å². The van der Waals surface area contributed by atoms with Gasteiger partial charge >= 0.3 is 6.09 Å². The van der Waals surface area contributed by atoms with E-state index in [9.17, 15) is 4.79 Å². The van der Waals surface area contributed by atoms with E-state index in [1.54, 1.807) is 4.90 Å². The number of halogens is 1. The standard InChI is InChI=1S/C17H34N4O2.HI/c1-15(2,3)20-13(18)19-12-17(7)8-10-21(11-9-17)14(22)23-16(4,5)6;/h8-12H2,1-7H3,(H3,18,19,20);1H. The van der Waals surface area contributed by atoms with Crippen LogP contribution < -0.4 is 11.1 Å². The Bertz CT molecular complexity index is 444. The molecule has 0 atom stereocenters. The number of nitrogens with two attached hydrogens (primary N) is 1. The fraction of sp³-hybridized carbons (Fsp3) is 0.882. The van der Waals surface area contributed by atoms with Crippen LogP contribution >= 0.6 is 24.0 Å². The maximum absolute atomic E-state index is 12.1. The molecule has 1 rings (SSSR count). The minimum Gasteiger partial charge on any atom is -0.444 e. The summed E-state index contributed by atoms with van der Waals surface area (Å²) in [6.07, 6.45) is 1.58. The van der Waals surface area contributed by atoms with Crippen molar-refractivity contribution in [1.82, 2.24) is 10.2 Å². The van der Waals surface area contributed by atoms with Gasteiger partial charge in [0.2, 0.25) is 0 Å². The molecule has 1 amide bonds. The fourth-order valence-corrected chi connectivity index (χ4v) is 2.41. The lowest BCUT2D eigenvalue weighted by Crippen LogP contribution is -2.47. The highest BCUT2D eigenvalue weighted by Gasteiger charge is 2.33. The molecule has 0 aliphatic carbocycles. The summed E-state index contributed by atoms with van der Waals surface area (Å²) in [6, 6.07) is 0. The number of nitrogens with zero attached hydrogens (tertiary/aromatic N) is 2. The number of carbonyl (C=O) groups is 1. The van der Waals surface area contributed by atoms with Crippen LogP contribution in [0.1, 0.15) is 61.3 Å². The molecule has 1 fully saturated rings. The number of piperidine rings is 1. The Morgan fingerprint density at radius 2 is 1.71 bits per heavy atom. The van der Waals surface area contributed by atoms with Gasteiger partial charge in [0, 0.05) is 25.2 Å². The number of guanidine groups is 1. The topological polar surface area (TPSA) is 80.0 Å². The normalized spacial score (nSPS) is 18.6. The predicted octanol–water partition coefficient (Wildman–Crippen LogP) is 3.34. The molecular formula is C17H35IN4O2. The third kappa shape index (κ3) is 8.94. The van der Waals surface area contributed by atoms with Crippen molar-refractivity contribution in [1.29, 1.82) is 0 Å². The van der Waals surface area contributed by atoms with Crippen molar-refractivity contribution in [2.75, 3.05) is 19.6 Å². The second-order valence-corrected chi connectivity index (χ2v) is 8.85. The summed E-state index contributed by atoms with van der Waals surface area (Å²) in [5.41, 5.74) is 5.47. The lowest BCUT2D eigenvalue weighted by Gasteiger charge is -2.39. The number of nitrogens with one attached hydrogen (secondary N) is 1. The molecule has 0 bridgehead atoms. The molecule has 24 heavy (non-hydrogen) atoms. The first-order chi connectivity index (χ1) is 10.3. The van der Waals surface area contributed by atoms with Crippen LogP contribution in [0.15, 0.2) is 4.99 Å². The summed E-state index contributed by atoms with van der Waals surface area (Å²) in [5, 5.41) is 3.17. The van der Waals surface area contributed by atoms with Gasteiger partial charge in [-0.3, -0.25) is 4.99 Å². The molecule has 0 aromatic carbocycles. The van der Waals surface area contributed by atoms with Crippen LogP contribution in [-0.4, -0.2) is 47.7 Å². The van der Waals surface area contributed by atoms with Gasteiger partial charge in [-0.05, 0) is 59.8 Å². The molecule has 0 aromatic heterocycles. The molecule has 1 heterocycles. The Balaban J connectivity index is 0.00000529. The molecular weight excluding hydrogens is 419 g/mol. The van der Waals surface area contributed by atoms with Gasteiger partial charge < -0.3 is 20.7 Å². The van der Waals surface area contributed by atoms with Crippen molar-refractivity contribution in [2.24, 2.45) is 16.1 Å². The SMILES string of the molecule is CC1(CN=C(N)NC(C)(C)C)CCN(C(=O)OC(C)(C)C)CC1.I. The second-order valence-electron chi connectivity index (χ2n) is 8.85. The molecule has 1 aliphatic heterocycles. The van der Waals surface area contributed by atoms with Gasteiger partial charge in [-0.1, -0.05) is 6.92 Å². The molecule has 142 valence electrons. The maximum Gasteiger partial charge on any atom is 0.410 e. The smallest absolute Gasteiger partial charge is 0.410 e. The average molecular weight is 454 g/mol. The quantitative estimate of drug-likeness (QED) is 0.381. The summed E-state index contributed by atoms with van der Waals surface area (Å²) < 4.78 is 5.43. The van der Waals surface area contributed by atoms with Gasteiger partial charge in [-0.25, -0.2) is 4.79 Å². The van der Waals surface area contributed by atoms with Crippen LogP contribution in [0, 0.1) is 5.41 Å². The van der Waals surface area contributed by atoms with Gasteiger partial charge in [0.1, 0.15) is 5.60 Å². The molecule has 0 radical (unpaired) electrons. The maximum atomic E-state index is 12.1. The molecule has 0 aromatic rings. The lowest BCUT2D eigenvalue weighted by molar-refractivity contribution is 0.0127. The fourth-order valence-electron chi connectivity index (χ4n) is 2.41. The molecule has 0 spiro atoms. The average Bonchev–Trinajstić information content (AvgIpc) is 2.33. The van der Waals surface area contributed by atoms with Crippen molar-refractivity contribution in [3.63, 3.8) is 0 Å². The van der Waals surface area contributed by atoms with Crippen LogP contribution in [0.25, 0.3) is 0 Å². The zero-order valence-electron chi connectivity index (χ0n) is 16.2. The van der Waals surface area contributed by atoms with E-state index >= 15 is 0 Å². The van der Waals surface area contributed by atoms with Crippen LogP contribution in [0.3, 0.4) is 0 Å². The molecule has 3 N–H and O–H groups in total. The number of amides is 1. The van der Waals surface area contributed by atoms with Crippen LogP contribution in [0.4, 0.5) is 4.79 Å². The van der Waals surface area contributed by atoms with E-state index in [0.29, 0.717) is 25.6 Å². The van der Waals surface area contributed by atoms with Gasteiger partial charge in [0.25, 0.3) is 0 Å². The van der Waals surface area contributed by atoms with E-state index in [-0.39, 0.29) is 41.0 Å². The number of likely N-dealkylation sites (tertiary alicyclic amines) is 1. The van der Waals surface area contributed by atoms with Crippen LogP contribution in [0.5, 0.6) is 0 Å². The Kier molecular flexibility index (Phi) is 8.32. The minimum absolute atomic E-state index is 0. The largest absolute Gasteiger partial charge is 0.444 e. The van der Waals surface area contributed by atoms with E-state index in [1.807, 2.05) is 20.8 Å². The molecule has 7 heteroatoms. The number of hydrogen-bond donors (Lipinski definition) is 2. The van der Waals surface area contributed by atoms with E-state index < -0.39 is 5.60 Å². The first-order valence-corrected chi connectivity index (χ1v) is 8.36. The van der Waals surface area contributed by atoms with E-state index in [0.717, 1.165) is 12.8 Å². The monoisotopic (exact) mass is 454 g/mol. The summed E-state index contributed by atoms with van der Waals surface area (Å²) >= 11 is 0. The lowest BCUT2D eigenvalue weighted by atomic mass is 9.80. The highest BCUT2D eigenvalue weighted by Crippen LogP contribution is 2.31. The summed E-state index contributed by atoms with van der Waals surface area (Å²) in [7, 11) is 0. The number of ether oxygens (including phenoxy) is 1. The Morgan fingerprint density at radius 1 is 1.21 bits per heavy atom. The van der Waals surface area contributed by atoms with Crippen molar-refractivity contribution in [3.8, 4) is 0 Å². The molecule has 1 aliphatic rings. The molecule has 1 saturated heterocycles. The van der Waals surface area contributed by atoms with Crippen molar-refractivity contribution in [3.05, 3.63) is 0 Å². The van der Waals surface area contributed by atoms with Crippen LogP contribution in [0.2, 0.25) is 0 Å². The minimum atomic E-state index is -0.449.